The molecule has 1 aliphatic carbocycles. The van der Waals surface area contributed by atoms with Crippen molar-refractivity contribution in [3.8, 4) is 5.75 Å². The summed E-state index contributed by atoms with van der Waals surface area (Å²) in [5.41, 5.74) is 1.98. The minimum atomic E-state index is -0.216. The van der Waals surface area contributed by atoms with Crippen molar-refractivity contribution in [1.82, 2.24) is 15.5 Å². The van der Waals surface area contributed by atoms with Gasteiger partial charge in [0.15, 0.2) is 5.96 Å². The van der Waals surface area contributed by atoms with Crippen LogP contribution in [0.15, 0.2) is 53.5 Å². The van der Waals surface area contributed by atoms with Crippen LogP contribution in [0.3, 0.4) is 0 Å². The van der Waals surface area contributed by atoms with Crippen molar-refractivity contribution in [3.63, 3.8) is 0 Å². The van der Waals surface area contributed by atoms with Crippen molar-refractivity contribution < 1.29 is 13.9 Å². The number of benzene rings is 2. The Morgan fingerprint density at radius 1 is 1.23 bits per heavy atom. The number of halogens is 1. The standard InChI is InChI=1S/C24H29FN4O2/c1-29(2)22(30)15-26-23(28-20-10-13-31-21-9-4-3-8-19(20)21)27-16-24(11-12-24)17-6-5-7-18(25)14-17/h3-9,14,20H,10-13,15-16H2,1-2H3,(H2,26,27,28). The van der Waals surface area contributed by atoms with Crippen LogP contribution in [-0.2, 0) is 10.2 Å². The molecule has 1 atom stereocenters. The zero-order chi connectivity index (χ0) is 21.8. The van der Waals surface area contributed by atoms with E-state index in [9.17, 15) is 9.18 Å². The van der Waals surface area contributed by atoms with Gasteiger partial charge in [-0.2, -0.15) is 0 Å². The zero-order valence-corrected chi connectivity index (χ0v) is 18.0. The molecule has 0 spiro atoms. The van der Waals surface area contributed by atoms with Gasteiger partial charge >= 0.3 is 0 Å². The highest BCUT2D eigenvalue weighted by Gasteiger charge is 2.44. The Hall–Kier alpha value is -3.09. The number of guanidine groups is 1. The number of nitrogens with zero attached hydrogens (tertiary/aromatic N) is 2. The first kappa shape index (κ1) is 21.2. The molecule has 6 nitrogen and oxygen atoms in total. The lowest BCUT2D eigenvalue weighted by atomic mass is 9.96. The largest absolute Gasteiger partial charge is 0.493 e. The van der Waals surface area contributed by atoms with Crippen molar-refractivity contribution in [1.29, 1.82) is 0 Å². The fraction of sp³-hybridized carbons (Fsp3) is 0.417. The van der Waals surface area contributed by atoms with E-state index in [-0.39, 0.29) is 29.7 Å². The van der Waals surface area contributed by atoms with Gasteiger partial charge in [0, 0.05) is 38.0 Å². The molecule has 2 aromatic carbocycles. The molecular weight excluding hydrogens is 395 g/mol. The van der Waals surface area contributed by atoms with Gasteiger partial charge in [0.25, 0.3) is 0 Å². The van der Waals surface area contributed by atoms with Crippen LogP contribution < -0.4 is 15.4 Å². The Kier molecular flexibility index (Phi) is 6.11. The van der Waals surface area contributed by atoms with Crippen molar-refractivity contribution in [3.05, 3.63) is 65.5 Å². The normalized spacial score (nSPS) is 19.1. The third-order valence-electron chi connectivity index (χ3n) is 6.03. The van der Waals surface area contributed by atoms with Gasteiger partial charge in [0.05, 0.1) is 12.6 Å². The second kappa shape index (κ2) is 8.96. The van der Waals surface area contributed by atoms with Crippen molar-refractivity contribution in [2.24, 2.45) is 4.99 Å². The van der Waals surface area contributed by atoms with Crippen LogP contribution in [0, 0.1) is 5.82 Å². The van der Waals surface area contributed by atoms with E-state index < -0.39 is 0 Å². The molecule has 1 fully saturated rings. The Bertz CT molecular complexity index is 972. The number of fused-ring (bicyclic) bond motifs is 1. The maximum absolute atomic E-state index is 13.7. The zero-order valence-electron chi connectivity index (χ0n) is 18.0. The number of carbonyl (C=O) groups excluding carboxylic acids is 1. The SMILES string of the molecule is CN(C)C(=O)CN=C(NCC1(c2cccc(F)c2)CC1)NC1CCOc2ccccc21. The average molecular weight is 425 g/mol. The Labute approximate surface area is 182 Å². The van der Waals surface area contributed by atoms with Gasteiger partial charge in [0.2, 0.25) is 5.91 Å². The molecule has 7 heteroatoms. The molecule has 0 saturated heterocycles. The summed E-state index contributed by atoms with van der Waals surface area (Å²) in [6.45, 7) is 1.30. The first-order chi connectivity index (χ1) is 15.0. The average Bonchev–Trinajstić information content (AvgIpc) is 3.56. The van der Waals surface area contributed by atoms with E-state index in [1.807, 2.05) is 30.3 Å². The molecule has 1 amide bonds. The summed E-state index contributed by atoms with van der Waals surface area (Å²) in [6, 6.07) is 14.8. The second-order valence-corrected chi connectivity index (χ2v) is 8.47. The molecule has 31 heavy (non-hydrogen) atoms. The third-order valence-corrected chi connectivity index (χ3v) is 6.03. The van der Waals surface area contributed by atoms with Gasteiger partial charge < -0.3 is 20.3 Å². The summed E-state index contributed by atoms with van der Waals surface area (Å²) in [6.07, 6.45) is 2.79. The summed E-state index contributed by atoms with van der Waals surface area (Å²) in [7, 11) is 3.44. The summed E-state index contributed by atoms with van der Waals surface area (Å²) >= 11 is 0. The van der Waals surface area contributed by atoms with E-state index in [0.29, 0.717) is 19.1 Å². The van der Waals surface area contributed by atoms with Gasteiger partial charge in [-0.15, -0.1) is 0 Å². The minimum Gasteiger partial charge on any atom is -0.493 e. The van der Waals surface area contributed by atoms with E-state index >= 15 is 0 Å². The Morgan fingerprint density at radius 2 is 2.03 bits per heavy atom. The maximum atomic E-state index is 13.7. The number of ether oxygens (including phenoxy) is 1. The quantitative estimate of drug-likeness (QED) is 0.553. The van der Waals surface area contributed by atoms with Gasteiger partial charge in [-0.05, 0) is 36.6 Å². The first-order valence-corrected chi connectivity index (χ1v) is 10.7. The Balaban J connectivity index is 1.50. The van der Waals surface area contributed by atoms with E-state index in [1.165, 1.54) is 11.0 Å². The van der Waals surface area contributed by atoms with Crippen LogP contribution in [0.2, 0.25) is 0 Å². The molecule has 4 rings (SSSR count). The molecule has 0 radical (unpaired) electrons. The molecule has 0 bridgehead atoms. The number of carbonyl (C=O) groups is 1. The molecule has 1 saturated carbocycles. The van der Waals surface area contributed by atoms with Gasteiger partial charge in [-0.3, -0.25) is 4.79 Å². The molecule has 2 aromatic rings. The van der Waals surface area contributed by atoms with E-state index in [4.69, 9.17) is 4.74 Å². The molecule has 1 aliphatic heterocycles. The highest BCUT2D eigenvalue weighted by Crippen LogP contribution is 2.47. The monoisotopic (exact) mass is 424 g/mol. The Morgan fingerprint density at radius 3 is 2.77 bits per heavy atom. The molecule has 1 heterocycles. The molecule has 0 aromatic heterocycles. The number of aliphatic imine (C=N–C) groups is 1. The number of para-hydroxylation sites is 1. The van der Waals surface area contributed by atoms with Crippen molar-refractivity contribution in [2.75, 3.05) is 33.8 Å². The predicted octanol–water partition coefficient (Wildman–Crippen LogP) is 3.00. The number of hydrogen-bond acceptors (Lipinski definition) is 3. The molecule has 2 N–H and O–H groups in total. The van der Waals surface area contributed by atoms with Crippen molar-refractivity contribution in [2.45, 2.75) is 30.7 Å². The van der Waals surface area contributed by atoms with Crippen LogP contribution in [-0.4, -0.2) is 50.6 Å². The molecule has 1 unspecified atom stereocenters. The van der Waals surface area contributed by atoms with E-state index in [1.54, 1.807) is 26.2 Å². The number of rotatable bonds is 6. The van der Waals surface area contributed by atoms with E-state index in [0.717, 1.165) is 36.1 Å². The number of hydrogen-bond donors (Lipinski definition) is 2. The third kappa shape index (κ3) is 4.98. The fourth-order valence-corrected chi connectivity index (χ4v) is 3.89. The van der Waals surface area contributed by atoms with Crippen LogP contribution in [0.1, 0.15) is 36.4 Å². The lowest BCUT2D eigenvalue weighted by molar-refractivity contribution is -0.127. The number of amides is 1. The van der Waals surface area contributed by atoms with Gasteiger partial charge in [-0.25, -0.2) is 9.38 Å². The van der Waals surface area contributed by atoms with Crippen LogP contribution in [0.4, 0.5) is 4.39 Å². The summed E-state index contributed by atoms with van der Waals surface area (Å²) in [5.74, 6) is 1.17. The highest BCUT2D eigenvalue weighted by atomic mass is 19.1. The summed E-state index contributed by atoms with van der Waals surface area (Å²) < 4.78 is 19.5. The topological polar surface area (TPSA) is 66.0 Å². The maximum Gasteiger partial charge on any atom is 0.243 e. The van der Waals surface area contributed by atoms with E-state index in [2.05, 4.69) is 15.6 Å². The highest BCUT2D eigenvalue weighted by molar-refractivity contribution is 5.85. The minimum absolute atomic E-state index is 0.0370. The number of nitrogens with one attached hydrogen (secondary N) is 2. The first-order valence-electron chi connectivity index (χ1n) is 10.7. The lowest BCUT2D eigenvalue weighted by Gasteiger charge is -2.29. The second-order valence-electron chi connectivity index (χ2n) is 8.47. The molecule has 164 valence electrons. The smallest absolute Gasteiger partial charge is 0.243 e. The van der Waals surface area contributed by atoms with Crippen LogP contribution in [0.25, 0.3) is 0 Å². The predicted molar refractivity (Wildman–Crippen MR) is 119 cm³/mol. The fourth-order valence-electron chi connectivity index (χ4n) is 3.89. The van der Waals surface area contributed by atoms with Gasteiger partial charge in [-0.1, -0.05) is 30.3 Å². The summed E-state index contributed by atoms with van der Waals surface area (Å²) in [5, 5.41) is 6.90. The van der Waals surface area contributed by atoms with Crippen LogP contribution >= 0.6 is 0 Å². The molecule has 2 aliphatic rings. The molecular formula is C24H29FN4O2. The van der Waals surface area contributed by atoms with Crippen LogP contribution in [0.5, 0.6) is 5.75 Å². The lowest BCUT2D eigenvalue weighted by Crippen LogP contribution is -2.44. The van der Waals surface area contributed by atoms with Crippen molar-refractivity contribution >= 4 is 11.9 Å². The summed E-state index contributed by atoms with van der Waals surface area (Å²) in [4.78, 5) is 18.2. The van der Waals surface area contributed by atoms with Gasteiger partial charge in [0.1, 0.15) is 18.1 Å². The number of likely N-dealkylation sites (N-methyl/N-ethyl adjacent to an activating group) is 1.